The fourth-order valence-corrected chi connectivity index (χ4v) is 2.66. The maximum atomic E-state index is 11.9. The number of hydrogen-bond donors (Lipinski definition) is 2. The molecule has 0 saturated carbocycles. The van der Waals surface area contributed by atoms with Crippen molar-refractivity contribution >= 4 is 29.3 Å². The standard InChI is InChI=1S/C14H15N3O5S/c1-8-3-4-9(13(19)20)7-10(8)15-11(18)5-6-23-12-14(21)22-16-17(12)2/h3-4,7H,5-6H2,1-2H3,(H2-,15,16,18,19,20,21). The number of nitrogens with one attached hydrogen (secondary N) is 1. The summed E-state index contributed by atoms with van der Waals surface area (Å²) < 4.78 is 5.79. The molecule has 1 amide bonds. The van der Waals surface area contributed by atoms with Crippen LogP contribution in [-0.4, -0.2) is 28.0 Å². The first kappa shape index (κ1) is 16.8. The van der Waals surface area contributed by atoms with Gasteiger partial charge in [0, 0.05) is 17.9 Å². The summed E-state index contributed by atoms with van der Waals surface area (Å²) in [5.74, 6) is -1.50. The lowest BCUT2D eigenvalue weighted by Crippen LogP contribution is -2.32. The van der Waals surface area contributed by atoms with Gasteiger partial charge in [-0.15, -0.1) is 0 Å². The Morgan fingerprint density at radius 2 is 2.22 bits per heavy atom. The van der Waals surface area contributed by atoms with Crippen molar-refractivity contribution in [2.75, 3.05) is 11.1 Å². The maximum Gasteiger partial charge on any atom is 0.335 e. The van der Waals surface area contributed by atoms with E-state index in [0.717, 1.165) is 5.56 Å². The number of rotatable bonds is 6. The van der Waals surface area contributed by atoms with E-state index < -0.39 is 11.9 Å². The Morgan fingerprint density at radius 1 is 1.48 bits per heavy atom. The molecule has 0 atom stereocenters. The molecule has 0 bridgehead atoms. The predicted octanol–water partition coefficient (Wildman–Crippen LogP) is 0.700. The summed E-state index contributed by atoms with van der Waals surface area (Å²) in [6.07, 6.45) is 0.159. The van der Waals surface area contributed by atoms with Gasteiger partial charge < -0.3 is 20.1 Å². The minimum Gasteiger partial charge on any atom is -0.538 e. The number of carboxylic acid groups (broad SMARTS) is 1. The highest BCUT2D eigenvalue weighted by Gasteiger charge is 2.15. The molecule has 1 aromatic heterocycles. The SMILES string of the molecule is Cc1ccc(C(=O)O)cc1NC(=O)CCSc1c([O-])on[n+]1C. The highest BCUT2D eigenvalue weighted by Crippen LogP contribution is 2.22. The van der Waals surface area contributed by atoms with Crippen LogP contribution in [0.5, 0.6) is 5.95 Å². The molecule has 0 aliphatic rings. The average molecular weight is 337 g/mol. The van der Waals surface area contributed by atoms with Gasteiger partial charge in [-0.2, -0.15) is 0 Å². The van der Waals surface area contributed by atoms with Crippen molar-refractivity contribution in [1.82, 2.24) is 5.27 Å². The molecule has 2 N–H and O–H groups in total. The number of aromatic carboxylic acids is 1. The molecular formula is C14H15N3O5S. The fraction of sp³-hybridized carbons (Fsp3) is 0.286. The van der Waals surface area contributed by atoms with Crippen LogP contribution in [0.1, 0.15) is 22.3 Å². The Kier molecular flexibility index (Phi) is 5.22. The van der Waals surface area contributed by atoms with Crippen molar-refractivity contribution in [2.45, 2.75) is 18.4 Å². The number of anilines is 1. The second-order valence-corrected chi connectivity index (χ2v) is 5.85. The number of amides is 1. The monoisotopic (exact) mass is 337 g/mol. The summed E-state index contributed by atoms with van der Waals surface area (Å²) in [4.78, 5) is 22.9. The summed E-state index contributed by atoms with van der Waals surface area (Å²) in [5.41, 5.74) is 1.33. The Morgan fingerprint density at radius 3 is 2.83 bits per heavy atom. The van der Waals surface area contributed by atoms with Gasteiger partial charge in [0.1, 0.15) is 0 Å². The van der Waals surface area contributed by atoms with Crippen molar-refractivity contribution in [3.63, 3.8) is 0 Å². The second kappa shape index (κ2) is 7.14. The van der Waals surface area contributed by atoms with E-state index in [4.69, 9.17) is 5.11 Å². The van der Waals surface area contributed by atoms with Crippen molar-refractivity contribution in [3.05, 3.63) is 29.3 Å². The summed E-state index contributed by atoms with van der Waals surface area (Å²) in [6, 6.07) is 4.53. The third-order valence-electron chi connectivity index (χ3n) is 3.04. The van der Waals surface area contributed by atoms with E-state index in [9.17, 15) is 14.7 Å². The molecule has 0 aliphatic carbocycles. The fourth-order valence-electron chi connectivity index (χ4n) is 1.80. The highest BCUT2D eigenvalue weighted by molar-refractivity contribution is 7.99. The molecule has 23 heavy (non-hydrogen) atoms. The first-order valence-electron chi connectivity index (χ1n) is 6.68. The Hall–Kier alpha value is -2.55. The van der Waals surface area contributed by atoms with Gasteiger partial charge in [0.25, 0.3) is 5.03 Å². The third-order valence-corrected chi connectivity index (χ3v) is 4.15. The van der Waals surface area contributed by atoms with E-state index in [1.54, 1.807) is 20.0 Å². The molecule has 2 rings (SSSR count). The van der Waals surface area contributed by atoms with Crippen LogP contribution in [0, 0.1) is 6.92 Å². The van der Waals surface area contributed by atoms with Crippen molar-refractivity contribution in [3.8, 4) is 5.95 Å². The number of carbonyl (C=O) groups is 2. The normalized spacial score (nSPS) is 10.5. The number of aryl methyl sites for hydroxylation is 2. The minimum absolute atomic E-state index is 0.104. The summed E-state index contributed by atoms with van der Waals surface area (Å²) >= 11 is 1.17. The van der Waals surface area contributed by atoms with Gasteiger partial charge in [-0.05, 0) is 24.6 Å². The third kappa shape index (κ3) is 4.22. The van der Waals surface area contributed by atoms with Gasteiger partial charge >= 0.3 is 5.97 Å². The van der Waals surface area contributed by atoms with Gasteiger partial charge in [0.05, 0.1) is 10.8 Å². The Labute approximate surface area is 136 Å². The lowest BCUT2D eigenvalue weighted by Gasteiger charge is -2.09. The molecule has 0 fully saturated rings. The molecule has 0 unspecified atom stereocenters. The zero-order valence-electron chi connectivity index (χ0n) is 12.5. The number of thioether (sulfide) groups is 1. The molecule has 9 heteroatoms. The molecule has 8 nitrogen and oxygen atoms in total. The van der Waals surface area contributed by atoms with E-state index >= 15 is 0 Å². The molecule has 1 heterocycles. The molecule has 0 saturated heterocycles. The Balaban J connectivity index is 1.92. The minimum atomic E-state index is -1.06. The van der Waals surface area contributed by atoms with Crippen LogP contribution >= 0.6 is 11.8 Å². The number of benzene rings is 1. The average Bonchev–Trinajstić information content (AvgIpc) is 2.81. The maximum absolute atomic E-state index is 11.9. The van der Waals surface area contributed by atoms with Crippen LogP contribution in [0.2, 0.25) is 0 Å². The number of carbonyl (C=O) groups excluding carboxylic acids is 1. The van der Waals surface area contributed by atoms with Crippen LogP contribution in [-0.2, 0) is 11.8 Å². The Bertz CT molecular complexity index is 725. The van der Waals surface area contributed by atoms with Crippen LogP contribution in [0.3, 0.4) is 0 Å². The lowest BCUT2D eigenvalue weighted by atomic mass is 10.1. The smallest absolute Gasteiger partial charge is 0.335 e. The zero-order chi connectivity index (χ0) is 17.0. The van der Waals surface area contributed by atoms with Gasteiger partial charge in [-0.25, -0.2) is 4.79 Å². The first-order chi connectivity index (χ1) is 10.9. The van der Waals surface area contributed by atoms with Crippen molar-refractivity contribution in [2.24, 2.45) is 7.05 Å². The van der Waals surface area contributed by atoms with Gasteiger partial charge in [-0.3, -0.25) is 4.79 Å². The molecule has 122 valence electrons. The number of hydrogen-bond acceptors (Lipinski definition) is 6. The molecular weight excluding hydrogens is 322 g/mol. The number of nitrogens with zero attached hydrogens (tertiary/aromatic N) is 2. The summed E-state index contributed by atoms with van der Waals surface area (Å²) in [6.45, 7) is 1.77. The molecule has 0 radical (unpaired) electrons. The largest absolute Gasteiger partial charge is 0.538 e. The quantitative estimate of drug-likeness (QED) is 0.588. The van der Waals surface area contributed by atoms with Gasteiger partial charge in [0.15, 0.2) is 13.0 Å². The van der Waals surface area contributed by atoms with Crippen molar-refractivity contribution < 1.29 is 29.0 Å². The van der Waals surface area contributed by atoms with E-state index in [1.807, 2.05) is 0 Å². The van der Waals surface area contributed by atoms with Crippen LogP contribution in [0.15, 0.2) is 27.7 Å². The zero-order valence-corrected chi connectivity index (χ0v) is 13.3. The van der Waals surface area contributed by atoms with E-state index in [0.29, 0.717) is 16.5 Å². The molecule has 0 spiro atoms. The second-order valence-electron chi connectivity index (χ2n) is 4.77. The van der Waals surface area contributed by atoms with E-state index in [2.05, 4.69) is 15.1 Å². The van der Waals surface area contributed by atoms with Crippen LogP contribution < -0.4 is 15.1 Å². The number of carboxylic acids is 1. The van der Waals surface area contributed by atoms with Gasteiger partial charge in [0.2, 0.25) is 5.91 Å². The summed E-state index contributed by atoms with van der Waals surface area (Å²) in [5, 5.41) is 26.8. The highest BCUT2D eigenvalue weighted by atomic mass is 32.2. The van der Waals surface area contributed by atoms with Crippen LogP contribution in [0.4, 0.5) is 5.69 Å². The predicted molar refractivity (Wildman–Crippen MR) is 79.2 cm³/mol. The first-order valence-corrected chi connectivity index (χ1v) is 7.66. The summed E-state index contributed by atoms with van der Waals surface area (Å²) in [7, 11) is 1.58. The van der Waals surface area contributed by atoms with E-state index in [-0.39, 0.29) is 17.9 Å². The van der Waals surface area contributed by atoms with Crippen LogP contribution in [0.25, 0.3) is 0 Å². The molecule has 1 aromatic carbocycles. The molecule has 2 aromatic rings. The van der Waals surface area contributed by atoms with Crippen molar-refractivity contribution in [1.29, 1.82) is 0 Å². The topological polar surface area (TPSA) is 119 Å². The lowest BCUT2D eigenvalue weighted by molar-refractivity contribution is -0.772. The van der Waals surface area contributed by atoms with E-state index in [1.165, 1.54) is 28.6 Å². The molecule has 0 aliphatic heterocycles. The van der Waals surface area contributed by atoms with Gasteiger partial charge in [-0.1, -0.05) is 22.5 Å². The number of aromatic nitrogens is 2.